The van der Waals surface area contributed by atoms with Crippen molar-refractivity contribution in [2.75, 3.05) is 0 Å². The van der Waals surface area contributed by atoms with E-state index in [9.17, 15) is 18.0 Å². The van der Waals surface area contributed by atoms with Gasteiger partial charge in [-0.25, -0.2) is 4.79 Å². The number of allylic oxidation sites excluding steroid dienone is 2. The van der Waals surface area contributed by atoms with E-state index < -0.39 is 17.7 Å². The van der Waals surface area contributed by atoms with Gasteiger partial charge in [0, 0.05) is 10.6 Å². The van der Waals surface area contributed by atoms with Crippen molar-refractivity contribution in [2.24, 2.45) is 0 Å². The van der Waals surface area contributed by atoms with Crippen LogP contribution in [0.5, 0.6) is 0 Å². The molecule has 0 heterocycles. The molecule has 0 amide bonds. The zero-order chi connectivity index (χ0) is 13.8. The Morgan fingerprint density at radius 1 is 1.33 bits per heavy atom. The first-order chi connectivity index (χ1) is 8.30. The summed E-state index contributed by atoms with van der Waals surface area (Å²) in [5.74, 6) is -1.13. The molecule has 0 saturated heterocycles. The van der Waals surface area contributed by atoms with Gasteiger partial charge in [-0.15, -0.1) is 0 Å². The van der Waals surface area contributed by atoms with E-state index in [1.54, 1.807) is 0 Å². The van der Waals surface area contributed by atoms with Gasteiger partial charge in [-0.2, -0.15) is 13.2 Å². The van der Waals surface area contributed by atoms with Crippen molar-refractivity contribution in [3.63, 3.8) is 0 Å². The Kier molecular flexibility index (Phi) is 4.72. The van der Waals surface area contributed by atoms with Gasteiger partial charge in [0.2, 0.25) is 0 Å². The lowest BCUT2D eigenvalue weighted by atomic mass is 10.1. The van der Waals surface area contributed by atoms with Crippen molar-refractivity contribution < 1.29 is 23.1 Å². The minimum Gasteiger partial charge on any atom is -0.478 e. The molecule has 0 atom stereocenters. The van der Waals surface area contributed by atoms with E-state index in [1.165, 1.54) is 24.3 Å². The SMILES string of the molecule is O=C(O)/C=C/C=C(\Br)c1cccc(C(F)(F)F)c1. The van der Waals surface area contributed by atoms with Gasteiger partial charge in [0.15, 0.2) is 0 Å². The highest BCUT2D eigenvalue weighted by Crippen LogP contribution is 2.32. The minimum absolute atomic E-state index is 0.319. The number of alkyl halides is 3. The fraction of sp³-hybridized carbons (Fsp3) is 0.0833. The predicted molar refractivity (Wildman–Crippen MR) is 65.1 cm³/mol. The average Bonchev–Trinajstić information content (AvgIpc) is 2.27. The fourth-order valence-corrected chi connectivity index (χ4v) is 1.55. The minimum atomic E-state index is -4.40. The number of hydrogen-bond donors (Lipinski definition) is 1. The highest BCUT2D eigenvalue weighted by atomic mass is 79.9. The molecule has 0 radical (unpaired) electrons. The molecule has 0 unspecified atom stereocenters. The third-order valence-electron chi connectivity index (χ3n) is 1.95. The molecule has 0 spiro atoms. The Balaban J connectivity index is 3.00. The van der Waals surface area contributed by atoms with E-state index in [-0.39, 0.29) is 0 Å². The monoisotopic (exact) mass is 320 g/mol. The Morgan fingerprint density at radius 3 is 2.56 bits per heavy atom. The lowest BCUT2D eigenvalue weighted by Crippen LogP contribution is -2.04. The Bertz CT molecular complexity index is 504. The van der Waals surface area contributed by atoms with Gasteiger partial charge in [0.25, 0.3) is 0 Å². The summed E-state index contributed by atoms with van der Waals surface area (Å²) in [6.07, 6.45) is -0.925. The number of carboxylic acid groups (broad SMARTS) is 1. The van der Waals surface area contributed by atoms with Gasteiger partial charge in [0.05, 0.1) is 5.56 Å². The summed E-state index contributed by atoms with van der Waals surface area (Å²) in [5.41, 5.74) is -0.438. The molecular weight excluding hydrogens is 313 g/mol. The number of hydrogen-bond acceptors (Lipinski definition) is 1. The van der Waals surface area contributed by atoms with E-state index in [0.29, 0.717) is 10.0 Å². The summed E-state index contributed by atoms with van der Waals surface area (Å²) in [6.45, 7) is 0. The lowest BCUT2D eigenvalue weighted by molar-refractivity contribution is -0.137. The third-order valence-corrected chi connectivity index (χ3v) is 2.67. The first kappa shape index (κ1) is 14.5. The van der Waals surface area contributed by atoms with Crippen molar-refractivity contribution in [1.29, 1.82) is 0 Å². The molecule has 18 heavy (non-hydrogen) atoms. The third kappa shape index (κ3) is 4.37. The lowest BCUT2D eigenvalue weighted by Gasteiger charge is -2.07. The molecule has 0 fully saturated rings. The molecule has 0 aliphatic heterocycles. The van der Waals surface area contributed by atoms with Crippen LogP contribution in [0.3, 0.4) is 0 Å². The fourth-order valence-electron chi connectivity index (χ4n) is 1.16. The molecule has 0 saturated carbocycles. The van der Waals surface area contributed by atoms with Crippen LogP contribution >= 0.6 is 15.9 Å². The number of carboxylic acids is 1. The normalized spacial score (nSPS) is 13.0. The molecule has 1 aromatic rings. The van der Waals surface area contributed by atoms with Gasteiger partial charge >= 0.3 is 12.1 Å². The van der Waals surface area contributed by atoms with Crippen LogP contribution in [0.15, 0.2) is 42.5 Å². The molecular formula is C12H8BrF3O2. The van der Waals surface area contributed by atoms with Crippen LogP contribution in [-0.4, -0.2) is 11.1 Å². The van der Waals surface area contributed by atoms with Crippen LogP contribution in [0, 0.1) is 0 Å². The van der Waals surface area contributed by atoms with Crippen LogP contribution in [0.4, 0.5) is 13.2 Å². The van der Waals surface area contributed by atoms with E-state index in [2.05, 4.69) is 15.9 Å². The Hall–Kier alpha value is -1.56. The van der Waals surface area contributed by atoms with Gasteiger partial charge in [-0.1, -0.05) is 34.1 Å². The molecule has 6 heteroatoms. The van der Waals surface area contributed by atoms with E-state index in [0.717, 1.165) is 18.2 Å². The van der Waals surface area contributed by atoms with Crippen LogP contribution in [0.25, 0.3) is 4.48 Å². The summed E-state index contributed by atoms with van der Waals surface area (Å²) in [7, 11) is 0. The average molecular weight is 321 g/mol. The largest absolute Gasteiger partial charge is 0.478 e. The van der Waals surface area contributed by atoms with E-state index in [4.69, 9.17) is 5.11 Å². The Labute approximate surface area is 110 Å². The highest BCUT2D eigenvalue weighted by molar-refractivity contribution is 9.15. The summed E-state index contributed by atoms with van der Waals surface area (Å²) in [4.78, 5) is 10.2. The van der Waals surface area contributed by atoms with Gasteiger partial charge in [-0.3, -0.25) is 0 Å². The second-order valence-corrected chi connectivity index (χ2v) is 4.14. The molecule has 96 valence electrons. The topological polar surface area (TPSA) is 37.3 Å². The first-order valence-electron chi connectivity index (χ1n) is 4.75. The maximum absolute atomic E-state index is 12.5. The van der Waals surface area contributed by atoms with Crippen LogP contribution < -0.4 is 0 Å². The van der Waals surface area contributed by atoms with Crippen LogP contribution in [0.2, 0.25) is 0 Å². The quantitative estimate of drug-likeness (QED) is 0.673. The summed E-state index contributed by atoms with van der Waals surface area (Å²) < 4.78 is 37.8. The van der Waals surface area contributed by atoms with Crippen molar-refractivity contribution in [1.82, 2.24) is 0 Å². The van der Waals surface area contributed by atoms with Crippen LogP contribution in [-0.2, 0) is 11.0 Å². The maximum Gasteiger partial charge on any atom is 0.416 e. The van der Waals surface area contributed by atoms with Crippen molar-refractivity contribution in [3.05, 3.63) is 53.6 Å². The molecule has 1 aromatic carbocycles. The van der Waals surface area contributed by atoms with Gasteiger partial charge in [0.1, 0.15) is 0 Å². The number of halogens is 4. The number of rotatable bonds is 3. The second kappa shape index (κ2) is 5.86. The van der Waals surface area contributed by atoms with Crippen molar-refractivity contribution in [3.8, 4) is 0 Å². The van der Waals surface area contributed by atoms with E-state index >= 15 is 0 Å². The summed E-state index contributed by atoms with van der Waals surface area (Å²) >= 11 is 3.09. The number of carbonyl (C=O) groups is 1. The first-order valence-corrected chi connectivity index (χ1v) is 5.54. The molecule has 0 aliphatic carbocycles. The molecule has 1 N–H and O–H groups in total. The smallest absolute Gasteiger partial charge is 0.416 e. The summed E-state index contributed by atoms with van der Waals surface area (Å²) in [5, 5.41) is 8.37. The molecule has 1 rings (SSSR count). The van der Waals surface area contributed by atoms with Gasteiger partial charge < -0.3 is 5.11 Å². The maximum atomic E-state index is 12.5. The molecule has 2 nitrogen and oxygen atoms in total. The zero-order valence-corrected chi connectivity index (χ0v) is 10.5. The van der Waals surface area contributed by atoms with E-state index in [1.807, 2.05) is 0 Å². The zero-order valence-electron chi connectivity index (χ0n) is 8.91. The highest BCUT2D eigenvalue weighted by Gasteiger charge is 2.30. The molecule has 0 aliphatic rings. The molecule has 0 aromatic heterocycles. The van der Waals surface area contributed by atoms with Gasteiger partial charge in [-0.05, 0) is 23.8 Å². The number of benzene rings is 1. The molecule has 0 bridgehead atoms. The number of aliphatic carboxylic acids is 1. The van der Waals surface area contributed by atoms with Crippen molar-refractivity contribution >= 4 is 26.4 Å². The van der Waals surface area contributed by atoms with Crippen LogP contribution in [0.1, 0.15) is 11.1 Å². The summed E-state index contributed by atoms with van der Waals surface area (Å²) in [6, 6.07) is 4.73. The predicted octanol–water partition coefficient (Wildman–Crippen LogP) is 4.08. The van der Waals surface area contributed by atoms with Crippen molar-refractivity contribution in [2.45, 2.75) is 6.18 Å². The second-order valence-electron chi connectivity index (χ2n) is 3.29. The Morgan fingerprint density at radius 2 is 2.00 bits per heavy atom. The standard InChI is InChI=1S/C12H8BrF3O2/c13-10(5-2-6-11(17)18)8-3-1-4-9(7-8)12(14,15)16/h1-7H,(H,17,18)/b6-2+,10-5-.